The first-order chi connectivity index (χ1) is 38.6. The van der Waals surface area contributed by atoms with Gasteiger partial charge in [0.2, 0.25) is 0 Å². The molecule has 1 heterocycles. The number of aliphatic hydroxyl groups is 2. The summed E-state index contributed by atoms with van der Waals surface area (Å²) < 4.78 is 28.4. The summed E-state index contributed by atoms with van der Waals surface area (Å²) in [5.74, 6) is -3.20. The van der Waals surface area contributed by atoms with Gasteiger partial charge in [0.25, 0.3) is 0 Å². The Kier molecular flexibility index (Phi) is 49.5. The van der Waals surface area contributed by atoms with Crippen LogP contribution in [0.5, 0.6) is 0 Å². The second kappa shape index (κ2) is 54.0. The van der Waals surface area contributed by atoms with E-state index >= 15 is 0 Å². The van der Waals surface area contributed by atoms with Gasteiger partial charge >= 0.3 is 23.9 Å². The lowest BCUT2D eigenvalue weighted by Crippen LogP contribution is -2.61. The van der Waals surface area contributed by atoms with E-state index in [2.05, 4.69) is 130 Å². The molecule has 448 valence electrons. The van der Waals surface area contributed by atoms with Crippen LogP contribution in [0, 0.1) is 0 Å². The van der Waals surface area contributed by atoms with Crippen molar-refractivity contribution in [3.8, 4) is 0 Å². The lowest BCUT2D eigenvalue weighted by atomic mass is 9.98. The third kappa shape index (κ3) is 43.8. The summed E-state index contributed by atoms with van der Waals surface area (Å²) in [5, 5.41) is 31.5. The Morgan fingerprint density at radius 3 is 1.27 bits per heavy atom. The van der Waals surface area contributed by atoms with E-state index in [0.717, 1.165) is 154 Å². The minimum Gasteiger partial charge on any atom is -0.479 e. The molecule has 12 nitrogen and oxygen atoms in total. The Hall–Kier alpha value is -4.62. The number of carboxylic acids is 1. The zero-order valence-corrected chi connectivity index (χ0v) is 49.3. The van der Waals surface area contributed by atoms with E-state index in [1.54, 1.807) is 0 Å². The van der Waals surface area contributed by atoms with Gasteiger partial charge in [0.05, 0.1) is 6.61 Å². The van der Waals surface area contributed by atoms with Gasteiger partial charge in [-0.25, -0.2) is 4.79 Å². The van der Waals surface area contributed by atoms with Gasteiger partial charge in [-0.3, -0.25) is 14.4 Å². The number of hydrogen-bond donors (Lipinski definition) is 3. The number of unbranched alkanes of at least 4 members (excludes halogenated alkanes) is 19. The van der Waals surface area contributed by atoms with Crippen molar-refractivity contribution in [3.05, 3.63) is 109 Å². The summed E-state index contributed by atoms with van der Waals surface area (Å²) in [4.78, 5) is 51.2. The summed E-state index contributed by atoms with van der Waals surface area (Å²) in [6, 6.07) is 0. The van der Waals surface area contributed by atoms with Crippen molar-refractivity contribution in [2.24, 2.45) is 0 Å². The molecule has 1 aliphatic rings. The van der Waals surface area contributed by atoms with Crippen molar-refractivity contribution in [1.29, 1.82) is 0 Å². The highest BCUT2D eigenvalue weighted by molar-refractivity contribution is 5.74. The molecular weight excluding hydrogens is 997 g/mol. The number of aliphatic carboxylic acids is 1. The third-order valence-electron chi connectivity index (χ3n) is 13.3. The largest absolute Gasteiger partial charge is 0.479 e. The molecule has 3 N–H and O–H groups in total. The first-order valence-electron chi connectivity index (χ1n) is 30.9. The molecule has 12 heteroatoms. The van der Waals surface area contributed by atoms with Crippen molar-refractivity contribution in [2.45, 2.75) is 276 Å². The molecule has 1 rings (SSSR count). The van der Waals surface area contributed by atoms with Gasteiger partial charge in [0.1, 0.15) is 18.8 Å². The van der Waals surface area contributed by atoms with Crippen LogP contribution in [-0.2, 0) is 42.9 Å². The van der Waals surface area contributed by atoms with Gasteiger partial charge in [-0.15, -0.1) is 0 Å². The van der Waals surface area contributed by atoms with Gasteiger partial charge in [0.15, 0.2) is 24.6 Å². The summed E-state index contributed by atoms with van der Waals surface area (Å²) in [6.45, 7) is 5.75. The second-order valence-corrected chi connectivity index (χ2v) is 20.6. The number of rotatable bonds is 51. The molecule has 1 saturated heterocycles. The predicted octanol–water partition coefficient (Wildman–Crippen LogP) is 16.2. The average Bonchev–Trinajstić information content (AvgIpc) is 3.46. The highest BCUT2D eigenvalue weighted by Gasteiger charge is 2.50. The van der Waals surface area contributed by atoms with E-state index in [1.165, 1.54) is 25.7 Å². The Labute approximate surface area is 478 Å². The molecule has 0 saturated carbocycles. The van der Waals surface area contributed by atoms with Gasteiger partial charge in [0, 0.05) is 19.3 Å². The highest BCUT2D eigenvalue weighted by Crippen LogP contribution is 2.26. The molecule has 0 aromatic carbocycles. The number of allylic oxidation sites excluding steroid dienone is 18. The SMILES string of the molecule is CC/C=C\C/C=C\C/C=C\C/C=C\CCCCCCC(=O)OC1C(OCC(COC(=O)CCCCCCCC/C=C\C/C=C\C/C=C\CCCCC)OC(=O)CCCCCCC/C=C\C/C=C\CCC)OC(C(=O)O)C(O)C1O. The smallest absolute Gasteiger partial charge is 0.335 e. The molecule has 0 radical (unpaired) electrons. The van der Waals surface area contributed by atoms with Crippen LogP contribution in [0.15, 0.2) is 109 Å². The molecule has 0 aromatic rings. The number of carbonyl (C=O) groups is 4. The van der Waals surface area contributed by atoms with Crippen LogP contribution < -0.4 is 0 Å². The number of carboxylic acid groups (broad SMARTS) is 1. The lowest BCUT2D eigenvalue weighted by Gasteiger charge is -2.40. The molecule has 79 heavy (non-hydrogen) atoms. The molecule has 6 unspecified atom stereocenters. The Morgan fingerprint density at radius 2 is 0.823 bits per heavy atom. The van der Waals surface area contributed by atoms with Crippen LogP contribution in [0.2, 0.25) is 0 Å². The normalized spacial score (nSPS) is 18.6. The number of aliphatic hydroxyl groups excluding tert-OH is 2. The van der Waals surface area contributed by atoms with E-state index in [4.69, 9.17) is 23.7 Å². The minimum absolute atomic E-state index is 0.0243. The zero-order valence-electron chi connectivity index (χ0n) is 49.3. The molecule has 0 aromatic heterocycles. The fourth-order valence-corrected chi connectivity index (χ4v) is 8.58. The van der Waals surface area contributed by atoms with Gasteiger partial charge < -0.3 is 39.0 Å². The highest BCUT2D eigenvalue weighted by atomic mass is 16.7. The van der Waals surface area contributed by atoms with E-state index < -0.39 is 67.3 Å². The summed E-state index contributed by atoms with van der Waals surface area (Å²) in [5.41, 5.74) is 0. The van der Waals surface area contributed by atoms with Crippen LogP contribution in [0.4, 0.5) is 0 Å². The minimum atomic E-state index is -1.92. The van der Waals surface area contributed by atoms with Crippen molar-refractivity contribution < 1.29 is 58.2 Å². The number of carbonyl (C=O) groups excluding carboxylic acids is 3. The van der Waals surface area contributed by atoms with Crippen LogP contribution in [0.3, 0.4) is 0 Å². The molecular formula is C67H108O12. The van der Waals surface area contributed by atoms with Crippen LogP contribution in [-0.4, -0.2) is 89.2 Å². The fraction of sp³-hybridized carbons (Fsp3) is 0.672. The molecule has 6 atom stereocenters. The predicted molar refractivity (Wildman–Crippen MR) is 321 cm³/mol. The van der Waals surface area contributed by atoms with Gasteiger partial charge in [-0.2, -0.15) is 0 Å². The maximum atomic E-state index is 13.2. The van der Waals surface area contributed by atoms with E-state index in [1.807, 2.05) is 0 Å². The standard InChI is InChI=1S/C67H108O12/c1-4-7-10-13-16-19-22-25-27-29-30-32-33-36-38-41-44-47-50-53-59(68)75-56-58(77-60(69)54-51-48-45-42-39-35-24-21-18-15-12-9-6-3)57-76-67-65(63(72)62(71)64(79-67)66(73)74)78-61(70)55-52-49-46-43-40-37-34-31-28-26-23-20-17-14-11-8-5-2/h8,11-12,15-17,19-21,24-28,30,32,34,37,58,62-65,67,71-72H,4-7,9-10,13-14,18,22-23,29,31,33,35-36,38-57H2,1-3H3,(H,73,74)/b11-8-,15-12-,19-16-,20-17-,24-21-,27-25-,28-26-,32-30-,37-34-. The van der Waals surface area contributed by atoms with Crippen molar-refractivity contribution in [1.82, 2.24) is 0 Å². The Balaban J connectivity index is 2.70. The van der Waals surface area contributed by atoms with Crippen LogP contribution in [0.25, 0.3) is 0 Å². The maximum absolute atomic E-state index is 13.2. The van der Waals surface area contributed by atoms with Crippen molar-refractivity contribution >= 4 is 23.9 Å². The van der Waals surface area contributed by atoms with Gasteiger partial charge in [-0.1, -0.05) is 207 Å². The van der Waals surface area contributed by atoms with E-state index in [-0.39, 0.29) is 25.9 Å². The lowest BCUT2D eigenvalue weighted by molar-refractivity contribution is -0.301. The topological polar surface area (TPSA) is 175 Å². The number of hydrogen-bond acceptors (Lipinski definition) is 11. The summed E-state index contributed by atoms with van der Waals surface area (Å²) >= 11 is 0. The molecule has 0 amide bonds. The molecule has 0 aliphatic carbocycles. The molecule has 1 fully saturated rings. The van der Waals surface area contributed by atoms with Crippen molar-refractivity contribution in [3.63, 3.8) is 0 Å². The molecule has 0 spiro atoms. The summed E-state index contributed by atoms with van der Waals surface area (Å²) in [6.07, 6.45) is 60.5. The first kappa shape index (κ1) is 72.4. The first-order valence-corrected chi connectivity index (χ1v) is 30.9. The molecule has 1 aliphatic heterocycles. The average molecular weight is 1110 g/mol. The van der Waals surface area contributed by atoms with E-state index in [9.17, 15) is 34.5 Å². The zero-order chi connectivity index (χ0) is 57.5. The number of esters is 3. The Morgan fingerprint density at radius 1 is 0.430 bits per heavy atom. The third-order valence-corrected chi connectivity index (χ3v) is 13.3. The molecule has 0 bridgehead atoms. The summed E-state index contributed by atoms with van der Waals surface area (Å²) in [7, 11) is 0. The van der Waals surface area contributed by atoms with Crippen LogP contribution in [0.1, 0.15) is 239 Å². The van der Waals surface area contributed by atoms with Gasteiger partial charge in [-0.05, 0) is 122 Å². The Bertz CT molecular complexity index is 1790. The fourth-order valence-electron chi connectivity index (χ4n) is 8.58. The monoisotopic (exact) mass is 1100 g/mol. The van der Waals surface area contributed by atoms with Crippen molar-refractivity contribution in [2.75, 3.05) is 13.2 Å². The van der Waals surface area contributed by atoms with Crippen LogP contribution >= 0.6 is 0 Å². The maximum Gasteiger partial charge on any atom is 0.335 e. The second-order valence-electron chi connectivity index (χ2n) is 20.6. The number of ether oxygens (including phenoxy) is 5. The quantitative estimate of drug-likeness (QED) is 0.0228. The van der Waals surface area contributed by atoms with E-state index in [0.29, 0.717) is 19.3 Å².